The van der Waals surface area contributed by atoms with E-state index in [0.717, 1.165) is 25.7 Å². The molecule has 154 valence electrons. The Bertz CT molecular complexity index is 825. The lowest BCUT2D eigenvalue weighted by atomic mass is 10.1. The summed E-state index contributed by atoms with van der Waals surface area (Å²) >= 11 is 0. The van der Waals surface area contributed by atoms with Crippen molar-refractivity contribution in [1.82, 2.24) is 0 Å². The highest BCUT2D eigenvalue weighted by atomic mass is 16.5. The fourth-order valence-electron chi connectivity index (χ4n) is 2.68. The van der Waals surface area contributed by atoms with Crippen molar-refractivity contribution in [2.24, 2.45) is 0 Å². The molecule has 0 saturated heterocycles. The zero-order chi connectivity index (χ0) is 20.4. The fraction of sp³-hybridized carbons (Fsp3) is 0.476. The molecule has 0 spiro atoms. The number of benzene rings is 1. The van der Waals surface area contributed by atoms with Crippen molar-refractivity contribution in [3.8, 4) is 17.2 Å². The Kier molecular flexibility index (Phi) is 8.84. The van der Waals surface area contributed by atoms with Crippen LogP contribution < -0.4 is 15.1 Å². The molecule has 28 heavy (non-hydrogen) atoms. The first-order valence-corrected chi connectivity index (χ1v) is 9.60. The van der Waals surface area contributed by atoms with E-state index >= 15 is 0 Å². The van der Waals surface area contributed by atoms with Gasteiger partial charge in [0.2, 0.25) is 0 Å². The van der Waals surface area contributed by atoms with E-state index in [2.05, 4.69) is 6.92 Å². The molecule has 3 N–H and O–H groups in total. The van der Waals surface area contributed by atoms with Crippen LogP contribution >= 0.6 is 0 Å². The van der Waals surface area contributed by atoms with Gasteiger partial charge in [-0.25, -0.2) is 4.79 Å². The number of rotatable bonds is 12. The number of ether oxygens (including phenoxy) is 2. The molecule has 0 saturated carbocycles. The molecule has 0 bridgehead atoms. The van der Waals surface area contributed by atoms with Gasteiger partial charge in [0.25, 0.3) is 5.75 Å². The van der Waals surface area contributed by atoms with Gasteiger partial charge >= 0.3 is 5.63 Å². The van der Waals surface area contributed by atoms with Gasteiger partial charge in [0.05, 0.1) is 25.6 Å². The Hall–Kier alpha value is -2.51. The molecule has 2 aromatic rings. The molecule has 0 aliphatic rings. The van der Waals surface area contributed by atoms with Crippen molar-refractivity contribution in [3.05, 3.63) is 41.0 Å². The lowest BCUT2D eigenvalue weighted by Crippen LogP contribution is -2.15. The normalized spacial score (nSPS) is 12.5. The molecule has 7 nitrogen and oxygen atoms in total. The monoisotopic (exact) mass is 392 g/mol. The molecule has 1 aromatic heterocycles. The first kappa shape index (κ1) is 21.8. The van der Waals surface area contributed by atoms with Crippen LogP contribution in [0.4, 0.5) is 0 Å². The Morgan fingerprint density at radius 3 is 2.82 bits per heavy atom. The quantitative estimate of drug-likeness (QED) is 0.288. The molecule has 0 radical (unpaired) electrons. The van der Waals surface area contributed by atoms with Gasteiger partial charge in [-0.1, -0.05) is 32.3 Å². The predicted octanol–water partition coefficient (Wildman–Crippen LogP) is 3.48. The van der Waals surface area contributed by atoms with Crippen LogP contribution in [0.2, 0.25) is 0 Å². The molecule has 1 heterocycles. The van der Waals surface area contributed by atoms with Gasteiger partial charge < -0.3 is 29.2 Å². The van der Waals surface area contributed by atoms with E-state index in [4.69, 9.17) is 19.0 Å². The summed E-state index contributed by atoms with van der Waals surface area (Å²) in [6.45, 7) is 1.91. The molecular weight excluding hydrogens is 364 g/mol. The lowest BCUT2D eigenvalue weighted by Gasteiger charge is -2.12. The molecule has 1 unspecified atom stereocenters. The predicted molar refractivity (Wildman–Crippen MR) is 106 cm³/mol. The second-order valence-electron chi connectivity index (χ2n) is 6.51. The Balaban J connectivity index is 2.15. The second kappa shape index (κ2) is 11.4. The van der Waals surface area contributed by atoms with E-state index < -0.39 is 11.7 Å². The average molecular weight is 392 g/mol. The minimum absolute atomic E-state index is 0.118. The summed E-state index contributed by atoms with van der Waals surface area (Å²) in [5, 5.41) is 29.0. The summed E-state index contributed by atoms with van der Waals surface area (Å²) in [6, 6.07) is 4.78. The summed E-state index contributed by atoms with van der Waals surface area (Å²) in [5.74, 6) is -0.374. The number of allylic oxidation sites excluding steroid dienone is 1. The van der Waals surface area contributed by atoms with Gasteiger partial charge in [-0.3, -0.25) is 0 Å². The largest absolute Gasteiger partial charge is 0.503 e. The zero-order valence-corrected chi connectivity index (χ0v) is 16.1. The molecule has 0 aliphatic carbocycles. The SMILES string of the molecule is CCCCCCC=COc1c(O)c2c(OCCC(O)CO)cccc2oc1=O. The third-order valence-electron chi connectivity index (χ3n) is 4.25. The molecule has 0 aliphatic heterocycles. The third kappa shape index (κ3) is 6.00. The number of hydrogen-bond donors (Lipinski definition) is 3. The number of fused-ring (bicyclic) bond motifs is 1. The van der Waals surface area contributed by atoms with Gasteiger partial charge in [0.1, 0.15) is 16.7 Å². The fourth-order valence-corrected chi connectivity index (χ4v) is 2.68. The van der Waals surface area contributed by atoms with Crippen molar-refractivity contribution in [1.29, 1.82) is 0 Å². The number of aromatic hydroxyl groups is 1. The molecule has 0 amide bonds. The van der Waals surface area contributed by atoms with E-state index in [0.29, 0.717) is 0 Å². The Morgan fingerprint density at radius 1 is 1.25 bits per heavy atom. The first-order chi connectivity index (χ1) is 13.6. The maximum Gasteiger partial charge on any atom is 0.383 e. The van der Waals surface area contributed by atoms with Crippen LogP contribution in [-0.4, -0.2) is 34.6 Å². The second-order valence-corrected chi connectivity index (χ2v) is 6.51. The summed E-state index contributed by atoms with van der Waals surface area (Å²) in [7, 11) is 0. The van der Waals surface area contributed by atoms with E-state index in [9.17, 15) is 15.0 Å². The van der Waals surface area contributed by atoms with Crippen molar-refractivity contribution >= 4 is 11.0 Å². The number of hydrogen-bond acceptors (Lipinski definition) is 7. The summed E-state index contributed by atoms with van der Waals surface area (Å²) in [6.07, 6.45) is 7.84. The first-order valence-electron chi connectivity index (χ1n) is 9.60. The highest BCUT2D eigenvalue weighted by Gasteiger charge is 2.18. The molecule has 2 rings (SSSR count). The van der Waals surface area contributed by atoms with Crippen molar-refractivity contribution in [2.45, 2.75) is 51.6 Å². The minimum Gasteiger partial charge on any atom is -0.503 e. The van der Waals surface area contributed by atoms with Crippen molar-refractivity contribution < 1.29 is 29.2 Å². The van der Waals surface area contributed by atoms with E-state index in [1.807, 2.05) is 0 Å². The summed E-state index contributed by atoms with van der Waals surface area (Å²) in [5.41, 5.74) is -0.618. The maximum atomic E-state index is 12.1. The van der Waals surface area contributed by atoms with Crippen molar-refractivity contribution in [3.63, 3.8) is 0 Å². The van der Waals surface area contributed by atoms with E-state index in [1.54, 1.807) is 24.3 Å². The average Bonchev–Trinajstić information content (AvgIpc) is 2.69. The third-order valence-corrected chi connectivity index (χ3v) is 4.25. The van der Waals surface area contributed by atoms with Gasteiger partial charge in [0.15, 0.2) is 5.75 Å². The van der Waals surface area contributed by atoms with Crippen LogP contribution in [0, 0.1) is 0 Å². The summed E-state index contributed by atoms with van der Waals surface area (Å²) in [4.78, 5) is 12.1. The Morgan fingerprint density at radius 2 is 2.07 bits per heavy atom. The standard InChI is InChI=1S/C21H28O7/c1-2-3-4-5-6-7-12-27-20-19(24)18-16(26-13-11-15(23)14-22)9-8-10-17(18)28-21(20)25/h7-10,12,15,22-24H,2-6,11,13-14H2,1H3. The van der Waals surface area contributed by atoms with Crippen LogP contribution in [0.15, 0.2) is 39.7 Å². The smallest absolute Gasteiger partial charge is 0.383 e. The van der Waals surface area contributed by atoms with E-state index in [-0.39, 0.29) is 47.9 Å². The highest BCUT2D eigenvalue weighted by molar-refractivity contribution is 5.91. The molecule has 0 fully saturated rings. The van der Waals surface area contributed by atoms with Crippen LogP contribution in [0.1, 0.15) is 45.4 Å². The molecular formula is C21H28O7. The zero-order valence-electron chi connectivity index (χ0n) is 16.1. The van der Waals surface area contributed by atoms with Crippen LogP contribution in [0.5, 0.6) is 17.2 Å². The topological polar surface area (TPSA) is 109 Å². The van der Waals surface area contributed by atoms with E-state index in [1.165, 1.54) is 12.7 Å². The van der Waals surface area contributed by atoms with Gasteiger partial charge in [-0.2, -0.15) is 0 Å². The van der Waals surface area contributed by atoms with Crippen LogP contribution in [-0.2, 0) is 0 Å². The number of unbranched alkanes of at least 4 members (excludes halogenated alkanes) is 4. The van der Waals surface area contributed by atoms with Crippen LogP contribution in [0.3, 0.4) is 0 Å². The molecule has 7 heteroatoms. The highest BCUT2D eigenvalue weighted by Crippen LogP contribution is 2.37. The maximum absolute atomic E-state index is 12.1. The molecule has 1 atom stereocenters. The van der Waals surface area contributed by atoms with Gasteiger partial charge in [0, 0.05) is 6.42 Å². The van der Waals surface area contributed by atoms with Crippen molar-refractivity contribution in [2.75, 3.05) is 13.2 Å². The lowest BCUT2D eigenvalue weighted by molar-refractivity contribution is 0.0756. The minimum atomic E-state index is -0.886. The van der Waals surface area contributed by atoms with Crippen LogP contribution in [0.25, 0.3) is 11.0 Å². The molecule has 1 aromatic carbocycles. The van der Waals surface area contributed by atoms with Gasteiger partial charge in [-0.15, -0.1) is 0 Å². The number of aliphatic hydroxyl groups is 2. The van der Waals surface area contributed by atoms with Gasteiger partial charge in [-0.05, 0) is 31.1 Å². The number of aliphatic hydroxyl groups excluding tert-OH is 2. The summed E-state index contributed by atoms with van der Waals surface area (Å²) < 4.78 is 16.1. The Labute approximate surface area is 163 Å².